The number of benzene rings is 2. The van der Waals surface area contributed by atoms with Crippen LogP contribution in [0.15, 0.2) is 82.8 Å². The number of carbonyl (C=O) groups is 1. The molecule has 0 aliphatic carbocycles. The molecule has 2 aromatic carbocycles. The van der Waals surface area contributed by atoms with Crippen LogP contribution in [0.2, 0.25) is 0 Å². The van der Waals surface area contributed by atoms with Crippen molar-refractivity contribution in [3.63, 3.8) is 0 Å². The molecule has 1 atom stereocenters. The van der Waals surface area contributed by atoms with Gasteiger partial charge in [-0.3, -0.25) is 9.78 Å². The molecule has 0 fully saturated rings. The van der Waals surface area contributed by atoms with Gasteiger partial charge in [-0.05, 0) is 48.9 Å². The summed E-state index contributed by atoms with van der Waals surface area (Å²) in [4.78, 5) is 18.4. The van der Waals surface area contributed by atoms with E-state index in [-0.39, 0.29) is 11.9 Å². The zero-order valence-corrected chi connectivity index (χ0v) is 15.0. The van der Waals surface area contributed by atoms with Crippen molar-refractivity contribution in [3.8, 4) is 6.07 Å². The number of carbonyl (C=O) groups excluding carboxylic acids is 1. The van der Waals surface area contributed by atoms with Gasteiger partial charge in [-0.25, -0.2) is 0 Å². The zero-order valence-electron chi connectivity index (χ0n) is 14.2. The third kappa shape index (κ3) is 4.11. The fraction of sp³-hybridized carbons (Fsp3) is 0.0952. The third-order valence-electron chi connectivity index (χ3n) is 3.91. The maximum Gasteiger partial charge on any atom is 0.252 e. The number of amides is 1. The van der Waals surface area contributed by atoms with Crippen molar-refractivity contribution in [2.24, 2.45) is 0 Å². The van der Waals surface area contributed by atoms with E-state index in [9.17, 15) is 10.1 Å². The maximum absolute atomic E-state index is 12.8. The summed E-state index contributed by atoms with van der Waals surface area (Å²) >= 11 is 1.42. The van der Waals surface area contributed by atoms with Gasteiger partial charge in [0.05, 0.1) is 17.2 Å². The smallest absolute Gasteiger partial charge is 0.252 e. The molecule has 0 radical (unpaired) electrons. The summed E-state index contributed by atoms with van der Waals surface area (Å²) in [5.41, 5.74) is 2.18. The molecule has 1 N–H and O–H groups in total. The minimum atomic E-state index is -0.146. The number of nitrogens with one attached hydrogen (secondary N) is 1. The van der Waals surface area contributed by atoms with Crippen molar-refractivity contribution in [1.82, 2.24) is 10.3 Å². The zero-order chi connectivity index (χ0) is 18.4. The van der Waals surface area contributed by atoms with Gasteiger partial charge in [-0.15, -0.1) is 0 Å². The largest absolute Gasteiger partial charge is 0.345 e. The van der Waals surface area contributed by atoms with Gasteiger partial charge in [0.25, 0.3) is 5.91 Å². The van der Waals surface area contributed by atoms with Crippen LogP contribution in [0.1, 0.15) is 34.5 Å². The van der Waals surface area contributed by atoms with Crippen molar-refractivity contribution >= 4 is 17.7 Å². The number of hydrogen-bond acceptors (Lipinski definition) is 4. The van der Waals surface area contributed by atoms with Gasteiger partial charge in [0, 0.05) is 22.2 Å². The Balaban J connectivity index is 1.83. The quantitative estimate of drug-likeness (QED) is 0.723. The molecule has 0 saturated carbocycles. The average Bonchev–Trinajstić information content (AvgIpc) is 2.69. The third-order valence-corrected chi connectivity index (χ3v) is 5.06. The molecule has 1 amide bonds. The van der Waals surface area contributed by atoms with Crippen molar-refractivity contribution in [3.05, 3.63) is 89.7 Å². The van der Waals surface area contributed by atoms with Gasteiger partial charge < -0.3 is 5.32 Å². The topological polar surface area (TPSA) is 65.8 Å². The molecular weight excluding hydrogens is 342 g/mol. The minimum Gasteiger partial charge on any atom is -0.345 e. The lowest BCUT2D eigenvalue weighted by molar-refractivity contribution is 0.0937. The van der Waals surface area contributed by atoms with E-state index in [1.54, 1.807) is 24.5 Å². The second kappa shape index (κ2) is 8.32. The molecule has 1 heterocycles. The van der Waals surface area contributed by atoms with Gasteiger partial charge in [-0.1, -0.05) is 36.0 Å². The number of nitrogens with zero attached hydrogens (tertiary/aromatic N) is 2. The first-order chi connectivity index (χ1) is 12.7. The van der Waals surface area contributed by atoms with E-state index in [0.29, 0.717) is 11.1 Å². The first-order valence-electron chi connectivity index (χ1n) is 8.16. The normalized spacial score (nSPS) is 11.4. The monoisotopic (exact) mass is 359 g/mol. The number of rotatable bonds is 5. The van der Waals surface area contributed by atoms with Crippen LogP contribution in [0.5, 0.6) is 0 Å². The highest BCUT2D eigenvalue weighted by Gasteiger charge is 2.16. The first-order valence-corrected chi connectivity index (χ1v) is 8.97. The van der Waals surface area contributed by atoms with Crippen LogP contribution in [0.25, 0.3) is 0 Å². The Labute approximate surface area is 156 Å². The summed E-state index contributed by atoms with van der Waals surface area (Å²) in [7, 11) is 0. The highest BCUT2D eigenvalue weighted by atomic mass is 32.2. The number of aromatic nitrogens is 1. The molecule has 3 rings (SSSR count). The number of nitriles is 1. The Morgan fingerprint density at radius 1 is 1.04 bits per heavy atom. The Morgan fingerprint density at radius 2 is 1.69 bits per heavy atom. The second-order valence-corrected chi connectivity index (χ2v) is 6.77. The maximum atomic E-state index is 12.8. The Hall–Kier alpha value is -3.10. The summed E-state index contributed by atoms with van der Waals surface area (Å²) in [6, 6.07) is 20.6. The minimum absolute atomic E-state index is 0.130. The molecule has 1 unspecified atom stereocenters. The molecule has 0 spiro atoms. The molecule has 3 aromatic rings. The molecule has 4 nitrogen and oxygen atoms in total. The second-order valence-electron chi connectivity index (χ2n) is 5.68. The summed E-state index contributed by atoms with van der Waals surface area (Å²) in [5, 5.41) is 12.3. The van der Waals surface area contributed by atoms with Gasteiger partial charge in [0.1, 0.15) is 6.07 Å². The van der Waals surface area contributed by atoms with E-state index in [0.717, 1.165) is 15.4 Å². The molecule has 128 valence electrons. The van der Waals surface area contributed by atoms with Crippen molar-refractivity contribution in [2.75, 3.05) is 0 Å². The van der Waals surface area contributed by atoms with E-state index >= 15 is 0 Å². The summed E-state index contributed by atoms with van der Waals surface area (Å²) in [6.07, 6.45) is 3.42. The molecule has 0 aliphatic heterocycles. The van der Waals surface area contributed by atoms with E-state index in [4.69, 9.17) is 0 Å². The highest BCUT2D eigenvalue weighted by Crippen LogP contribution is 2.32. The number of hydrogen-bond donors (Lipinski definition) is 1. The van der Waals surface area contributed by atoms with Crippen molar-refractivity contribution in [1.29, 1.82) is 5.26 Å². The van der Waals surface area contributed by atoms with Gasteiger partial charge >= 0.3 is 0 Å². The van der Waals surface area contributed by atoms with Crippen LogP contribution in [-0.4, -0.2) is 10.9 Å². The van der Waals surface area contributed by atoms with Crippen LogP contribution >= 0.6 is 11.8 Å². The Kier molecular flexibility index (Phi) is 5.67. The van der Waals surface area contributed by atoms with E-state index in [1.807, 2.05) is 55.5 Å². The molecule has 5 heteroatoms. The fourth-order valence-electron chi connectivity index (χ4n) is 2.52. The van der Waals surface area contributed by atoms with E-state index in [1.165, 1.54) is 11.8 Å². The van der Waals surface area contributed by atoms with Crippen LogP contribution in [0, 0.1) is 11.3 Å². The van der Waals surface area contributed by atoms with Crippen LogP contribution in [0.3, 0.4) is 0 Å². The first kappa shape index (κ1) is 17.7. The van der Waals surface area contributed by atoms with Gasteiger partial charge in [-0.2, -0.15) is 5.26 Å². The lowest BCUT2D eigenvalue weighted by atomic mass is 10.1. The molecule has 0 aliphatic rings. The molecule has 0 bridgehead atoms. The standard InChI is InChI=1S/C21H17N3OS/c1-15(16-10-12-23-13-11-16)24-21(25)18-7-3-5-9-20(18)26-19-8-4-2-6-17(19)14-22/h2-13,15H,1H3,(H,24,25). The average molecular weight is 359 g/mol. The van der Waals surface area contributed by atoms with Crippen molar-refractivity contribution < 1.29 is 4.79 Å². The highest BCUT2D eigenvalue weighted by molar-refractivity contribution is 7.99. The predicted molar refractivity (Wildman–Crippen MR) is 102 cm³/mol. The summed E-state index contributed by atoms with van der Waals surface area (Å²) < 4.78 is 0. The lowest BCUT2D eigenvalue weighted by Crippen LogP contribution is -2.27. The van der Waals surface area contributed by atoms with Gasteiger partial charge in [0.15, 0.2) is 0 Å². The van der Waals surface area contributed by atoms with E-state index < -0.39 is 0 Å². The molecule has 1 aromatic heterocycles. The lowest BCUT2D eigenvalue weighted by Gasteiger charge is -2.16. The SMILES string of the molecule is CC(NC(=O)c1ccccc1Sc1ccccc1C#N)c1ccncc1. The van der Waals surface area contributed by atoms with Crippen LogP contribution < -0.4 is 5.32 Å². The Bertz CT molecular complexity index is 951. The molecule has 26 heavy (non-hydrogen) atoms. The summed E-state index contributed by atoms with van der Waals surface area (Å²) in [5.74, 6) is -0.146. The fourth-order valence-corrected chi connectivity index (χ4v) is 3.54. The van der Waals surface area contributed by atoms with Crippen LogP contribution in [0.4, 0.5) is 0 Å². The summed E-state index contributed by atoms with van der Waals surface area (Å²) in [6.45, 7) is 1.94. The van der Waals surface area contributed by atoms with Crippen LogP contribution in [-0.2, 0) is 0 Å². The van der Waals surface area contributed by atoms with E-state index in [2.05, 4.69) is 16.4 Å². The molecule has 0 saturated heterocycles. The van der Waals surface area contributed by atoms with Gasteiger partial charge in [0.2, 0.25) is 0 Å². The molecular formula is C21H17N3OS. The predicted octanol–water partition coefficient (Wildman–Crippen LogP) is 4.60. The van der Waals surface area contributed by atoms with Crippen molar-refractivity contribution in [2.45, 2.75) is 22.8 Å². The Morgan fingerprint density at radius 3 is 2.42 bits per heavy atom. The number of pyridine rings is 1.